The molecule has 0 aliphatic carbocycles. The number of nitrogens with zero attached hydrogens (tertiary/aromatic N) is 1. The number of aromatic nitrogens is 1. The summed E-state index contributed by atoms with van der Waals surface area (Å²) in [6.45, 7) is 3.54. The molecule has 1 aromatic rings. The van der Waals surface area contributed by atoms with Crippen LogP contribution in [0.4, 0.5) is 5.82 Å². The Bertz CT molecular complexity index is 452. The predicted molar refractivity (Wildman–Crippen MR) is 73.1 cm³/mol. The molecule has 0 aliphatic heterocycles. The van der Waals surface area contributed by atoms with Crippen molar-refractivity contribution in [3.8, 4) is 0 Å². The highest BCUT2D eigenvalue weighted by atomic mass is 35.5. The van der Waals surface area contributed by atoms with Gasteiger partial charge >= 0.3 is 0 Å². The van der Waals surface area contributed by atoms with Crippen LogP contribution in [0.1, 0.15) is 20.3 Å². The zero-order valence-corrected chi connectivity index (χ0v) is 11.2. The Kier molecular flexibility index (Phi) is 4.42. The fraction of sp³-hybridized carbons (Fsp3) is 0.364. The first kappa shape index (κ1) is 13.9. The first-order valence-electron chi connectivity index (χ1n) is 5.13. The van der Waals surface area contributed by atoms with Crippen molar-refractivity contribution >= 4 is 40.5 Å². The summed E-state index contributed by atoms with van der Waals surface area (Å²) in [7, 11) is 0. The SMILES string of the molecule is CCC(C)(C(=O)Nc1ncccc1Cl)C(N)=S. The Hall–Kier alpha value is -1.20. The highest BCUT2D eigenvalue weighted by Crippen LogP contribution is 2.25. The molecule has 0 bridgehead atoms. The molecule has 92 valence electrons. The summed E-state index contributed by atoms with van der Waals surface area (Å²) in [5, 5.41) is 3.01. The van der Waals surface area contributed by atoms with Crippen molar-refractivity contribution in [3.05, 3.63) is 23.4 Å². The number of hydrogen-bond donors (Lipinski definition) is 2. The van der Waals surface area contributed by atoms with Gasteiger partial charge in [0.2, 0.25) is 5.91 Å². The number of amides is 1. The van der Waals surface area contributed by atoms with Crippen LogP contribution in [-0.2, 0) is 4.79 Å². The number of hydrogen-bond acceptors (Lipinski definition) is 3. The molecule has 1 amide bonds. The second kappa shape index (κ2) is 5.42. The maximum Gasteiger partial charge on any atom is 0.238 e. The van der Waals surface area contributed by atoms with Crippen molar-refractivity contribution in [2.24, 2.45) is 11.1 Å². The van der Waals surface area contributed by atoms with Crippen molar-refractivity contribution < 1.29 is 4.79 Å². The number of carbonyl (C=O) groups excluding carboxylic acids is 1. The normalized spacial score (nSPS) is 13.8. The van der Waals surface area contributed by atoms with E-state index in [1.807, 2.05) is 6.92 Å². The topological polar surface area (TPSA) is 68.0 Å². The monoisotopic (exact) mass is 271 g/mol. The number of anilines is 1. The van der Waals surface area contributed by atoms with Gasteiger partial charge in [-0.25, -0.2) is 4.98 Å². The molecule has 17 heavy (non-hydrogen) atoms. The van der Waals surface area contributed by atoms with Gasteiger partial charge in [-0.1, -0.05) is 30.7 Å². The summed E-state index contributed by atoms with van der Waals surface area (Å²) < 4.78 is 0. The average Bonchev–Trinajstić information content (AvgIpc) is 2.30. The van der Waals surface area contributed by atoms with E-state index >= 15 is 0 Å². The van der Waals surface area contributed by atoms with E-state index in [4.69, 9.17) is 29.6 Å². The highest BCUT2D eigenvalue weighted by molar-refractivity contribution is 7.80. The minimum Gasteiger partial charge on any atom is -0.392 e. The van der Waals surface area contributed by atoms with E-state index in [1.165, 1.54) is 0 Å². The van der Waals surface area contributed by atoms with Gasteiger partial charge in [-0.3, -0.25) is 4.79 Å². The van der Waals surface area contributed by atoms with Gasteiger partial charge in [0.05, 0.1) is 15.4 Å². The quantitative estimate of drug-likeness (QED) is 0.825. The van der Waals surface area contributed by atoms with Gasteiger partial charge in [0.15, 0.2) is 5.82 Å². The number of thiocarbonyl (C=S) groups is 1. The minimum absolute atomic E-state index is 0.157. The zero-order chi connectivity index (χ0) is 13.1. The molecule has 0 saturated heterocycles. The third kappa shape index (κ3) is 2.92. The maximum atomic E-state index is 12.1. The molecule has 1 rings (SSSR count). The molecule has 0 aliphatic rings. The standard InChI is InChI=1S/C11H14ClN3OS/c1-3-11(2,9(13)17)10(16)15-8-7(12)5-4-6-14-8/h4-6H,3H2,1-2H3,(H2,13,17)(H,14,15,16). The second-order valence-electron chi connectivity index (χ2n) is 3.84. The van der Waals surface area contributed by atoms with Crippen molar-refractivity contribution in [3.63, 3.8) is 0 Å². The van der Waals surface area contributed by atoms with Crippen LogP contribution in [0.15, 0.2) is 18.3 Å². The van der Waals surface area contributed by atoms with E-state index in [1.54, 1.807) is 25.3 Å². The van der Waals surface area contributed by atoms with E-state index in [2.05, 4.69) is 10.3 Å². The van der Waals surface area contributed by atoms with Gasteiger partial charge < -0.3 is 11.1 Å². The molecule has 3 N–H and O–H groups in total. The van der Waals surface area contributed by atoms with Crippen LogP contribution in [0.25, 0.3) is 0 Å². The van der Waals surface area contributed by atoms with Gasteiger partial charge in [-0.15, -0.1) is 0 Å². The molecule has 0 saturated carbocycles. The summed E-state index contributed by atoms with van der Waals surface area (Å²) in [5.41, 5.74) is 4.70. The number of nitrogens with one attached hydrogen (secondary N) is 1. The van der Waals surface area contributed by atoms with Gasteiger partial charge in [0, 0.05) is 6.20 Å². The molecule has 1 aromatic heterocycles. The Balaban J connectivity index is 2.93. The molecule has 1 atom stereocenters. The summed E-state index contributed by atoms with van der Waals surface area (Å²) in [6.07, 6.45) is 2.06. The lowest BCUT2D eigenvalue weighted by molar-refractivity contribution is -0.121. The predicted octanol–water partition coefficient (Wildman–Crippen LogP) is 2.38. The largest absolute Gasteiger partial charge is 0.392 e. The van der Waals surface area contributed by atoms with Gasteiger partial charge in [-0.2, -0.15) is 0 Å². The molecule has 0 aromatic carbocycles. The third-order valence-electron chi connectivity index (χ3n) is 2.74. The molecule has 4 nitrogen and oxygen atoms in total. The van der Waals surface area contributed by atoms with Crippen LogP contribution >= 0.6 is 23.8 Å². The van der Waals surface area contributed by atoms with E-state index in [9.17, 15) is 4.79 Å². The lowest BCUT2D eigenvalue weighted by Gasteiger charge is -2.25. The molecule has 1 heterocycles. The highest BCUT2D eigenvalue weighted by Gasteiger charge is 2.35. The number of pyridine rings is 1. The Morgan fingerprint density at radius 3 is 2.82 bits per heavy atom. The fourth-order valence-corrected chi connectivity index (χ4v) is 1.58. The van der Waals surface area contributed by atoms with Gasteiger partial charge in [0.1, 0.15) is 0 Å². The molecular weight excluding hydrogens is 258 g/mol. The van der Waals surface area contributed by atoms with Crippen molar-refractivity contribution in [1.82, 2.24) is 4.98 Å². The first-order chi connectivity index (χ1) is 7.91. The number of nitrogens with two attached hydrogens (primary N) is 1. The fourth-order valence-electron chi connectivity index (χ4n) is 1.17. The maximum absolute atomic E-state index is 12.1. The number of carbonyl (C=O) groups is 1. The summed E-state index contributed by atoms with van der Waals surface area (Å²) in [4.78, 5) is 16.2. The van der Waals surface area contributed by atoms with Gasteiger partial charge in [0.25, 0.3) is 0 Å². The van der Waals surface area contributed by atoms with E-state index in [0.717, 1.165) is 0 Å². The molecule has 0 fully saturated rings. The Morgan fingerprint density at radius 1 is 1.71 bits per heavy atom. The lowest BCUT2D eigenvalue weighted by Crippen LogP contribution is -2.43. The van der Waals surface area contributed by atoms with Crippen LogP contribution in [0.5, 0.6) is 0 Å². The summed E-state index contributed by atoms with van der Waals surface area (Å²) in [6, 6.07) is 3.33. The Labute approximate surface area is 111 Å². The zero-order valence-electron chi connectivity index (χ0n) is 9.66. The summed E-state index contributed by atoms with van der Waals surface area (Å²) in [5.74, 6) is 0.0168. The Morgan fingerprint density at radius 2 is 2.35 bits per heavy atom. The van der Waals surface area contributed by atoms with E-state index in [0.29, 0.717) is 17.3 Å². The van der Waals surface area contributed by atoms with Crippen LogP contribution in [0.3, 0.4) is 0 Å². The van der Waals surface area contributed by atoms with Crippen LogP contribution < -0.4 is 11.1 Å². The van der Waals surface area contributed by atoms with Crippen LogP contribution in [-0.4, -0.2) is 15.9 Å². The van der Waals surface area contributed by atoms with Crippen molar-refractivity contribution in [2.45, 2.75) is 20.3 Å². The molecule has 0 spiro atoms. The molecular formula is C11H14ClN3OS. The van der Waals surface area contributed by atoms with Gasteiger partial charge in [-0.05, 0) is 25.5 Å². The molecule has 6 heteroatoms. The van der Waals surface area contributed by atoms with E-state index < -0.39 is 5.41 Å². The van der Waals surface area contributed by atoms with Crippen molar-refractivity contribution in [1.29, 1.82) is 0 Å². The number of halogens is 1. The number of rotatable bonds is 4. The molecule has 0 radical (unpaired) electrons. The average molecular weight is 272 g/mol. The van der Waals surface area contributed by atoms with E-state index in [-0.39, 0.29) is 10.9 Å². The van der Waals surface area contributed by atoms with Crippen molar-refractivity contribution in [2.75, 3.05) is 5.32 Å². The van der Waals surface area contributed by atoms with Crippen LogP contribution in [0, 0.1) is 5.41 Å². The first-order valence-corrected chi connectivity index (χ1v) is 5.92. The molecule has 1 unspecified atom stereocenters. The smallest absolute Gasteiger partial charge is 0.238 e. The lowest BCUT2D eigenvalue weighted by atomic mass is 9.86. The second-order valence-corrected chi connectivity index (χ2v) is 4.68. The summed E-state index contributed by atoms with van der Waals surface area (Å²) >= 11 is 10.8. The van der Waals surface area contributed by atoms with Crippen LogP contribution in [0.2, 0.25) is 5.02 Å². The minimum atomic E-state index is -0.893. The third-order valence-corrected chi connectivity index (χ3v) is 3.50.